The second-order valence-corrected chi connectivity index (χ2v) is 5.89. The molecule has 2 N–H and O–H groups in total. The Kier molecular flexibility index (Phi) is 5.18. The van der Waals surface area contributed by atoms with E-state index in [-0.39, 0.29) is 5.82 Å². The molecule has 1 aromatic heterocycles. The van der Waals surface area contributed by atoms with Crippen molar-refractivity contribution in [2.75, 3.05) is 10.6 Å². The summed E-state index contributed by atoms with van der Waals surface area (Å²) < 4.78 is 26.7. The summed E-state index contributed by atoms with van der Waals surface area (Å²) in [6.07, 6.45) is -2.71. The number of nitrogens with one attached hydrogen (secondary N) is 2. The fourth-order valence-corrected chi connectivity index (χ4v) is 2.58. The van der Waals surface area contributed by atoms with Gasteiger partial charge in [0.15, 0.2) is 0 Å². The van der Waals surface area contributed by atoms with E-state index in [1.54, 1.807) is 42.5 Å². The molecular weight excluding hydrogens is 362 g/mol. The van der Waals surface area contributed by atoms with E-state index in [1.807, 2.05) is 6.07 Å². The zero-order valence-electron chi connectivity index (χ0n) is 13.7. The molecule has 0 saturated heterocycles. The summed E-state index contributed by atoms with van der Waals surface area (Å²) >= 11 is 6.14. The van der Waals surface area contributed by atoms with Crippen LogP contribution in [0.1, 0.15) is 22.5 Å². The van der Waals surface area contributed by atoms with E-state index in [9.17, 15) is 13.6 Å². The lowest BCUT2D eigenvalue weighted by Crippen LogP contribution is -2.16. The molecule has 0 unspecified atom stereocenters. The highest BCUT2D eigenvalue weighted by Gasteiger charge is 2.17. The van der Waals surface area contributed by atoms with Crippen LogP contribution in [0.2, 0.25) is 5.02 Å². The number of carbonyl (C=O) groups excluding carboxylic acids is 1. The molecule has 0 atom stereocenters. The molecule has 3 rings (SSSR count). The first-order valence-electron chi connectivity index (χ1n) is 7.69. The molecule has 2 aromatic carbocycles. The van der Waals surface area contributed by atoms with Gasteiger partial charge in [-0.3, -0.25) is 9.48 Å². The predicted octanol–water partition coefficient (Wildman–Crippen LogP) is 5.01. The van der Waals surface area contributed by atoms with Gasteiger partial charge in [-0.2, -0.15) is 5.10 Å². The molecule has 8 heteroatoms. The van der Waals surface area contributed by atoms with E-state index < -0.39 is 18.0 Å². The van der Waals surface area contributed by atoms with Gasteiger partial charge in [0.1, 0.15) is 11.5 Å². The summed E-state index contributed by atoms with van der Waals surface area (Å²) in [5.74, 6) is -0.276. The van der Waals surface area contributed by atoms with Crippen molar-refractivity contribution < 1.29 is 13.6 Å². The van der Waals surface area contributed by atoms with E-state index in [0.717, 1.165) is 6.07 Å². The van der Waals surface area contributed by atoms with Crippen LogP contribution in [-0.4, -0.2) is 15.7 Å². The zero-order chi connectivity index (χ0) is 18.7. The number of nitrogens with zero attached hydrogens (tertiary/aromatic N) is 2. The summed E-state index contributed by atoms with van der Waals surface area (Å²) in [5, 5.41) is 9.90. The lowest BCUT2D eigenvalue weighted by atomic mass is 10.1. The summed E-state index contributed by atoms with van der Waals surface area (Å²) in [7, 11) is 1.48. The molecule has 0 aliphatic heterocycles. The Hall–Kier alpha value is -2.93. The quantitative estimate of drug-likeness (QED) is 0.658. The van der Waals surface area contributed by atoms with Crippen molar-refractivity contribution in [1.29, 1.82) is 0 Å². The Morgan fingerprint density at radius 2 is 1.77 bits per heavy atom. The summed E-state index contributed by atoms with van der Waals surface area (Å²) in [6, 6.07) is 15.1. The molecule has 26 heavy (non-hydrogen) atoms. The number of hydrogen-bond donors (Lipinski definition) is 2. The number of benzene rings is 2. The molecule has 1 heterocycles. The van der Waals surface area contributed by atoms with Crippen molar-refractivity contribution in [2.24, 2.45) is 7.05 Å². The lowest BCUT2D eigenvalue weighted by molar-refractivity contribution is 0.102. The van der Waals surface area contributed by atoms with Crippen LogP contribution in [0.3, 0.4) is 0 Å². The van der Waals surface area contributed by atoms with E-state index in [2.05, 4.69) is 15.7 Å². The van der Waals surface area contributed by atoms with Crippen LogP contribution >= 0.6 is 11.6 Å². The van der Waals surface area contributed by atoms with Crippen molar-refractivity contribution in [2.45, 2.75) is 6.43 Å². The molecule has 3 aromatic rings. The number of halogens is 3. The number of amides is 1. The monoisotopic (exact) mass is 376 g/mol. The average Bonchev–Trinajstić information content (AvgIpc) is 2.98. The van der Waals surface area contributed by atoms with E-state index in [4.69, 9.17) is 11.6 Å². The van der Waals surface area contributed by atoms with Gasteiger partial charge in [-0.25, -0.2) is 8.78 Å². The Labute approximate surface area is 153 Å². The van der Waals surface area contributed by atoms with Gasteiger partial charge in [-0.05, 0) is 24.3 Å². The smallest absolute Gasteiger partial charge is 0.282 e. The molecule has 0 radical (unpaired) electrons. The van der Waals surface area contributed by atoms with Crippen molar-refractivity contribution in [3.63, 3.8) is 0 Å². The van der Waals surface area contributed by atoms with Crippen molar-refractivity contribution in [3.8, 4) is 0 Å². The average molecular weight is 377 g/mol. The van der Waals surface area contributed by atoms with Gasteiger partial charge in [-0.1, -0.05) is 35.9 Å². The van der Waals surface area contributed by atoms with Gasteiger partial charge in [0.2, 0.25) is 0 Å². The highest BCUT2D eigenvalue weighted by Crippen LogP contribution is 2.27. The molecule has 0 aliphatic carbocycles. The highest BCUT2D eigenvalue weighted by atomic mass is 35.5. The van der Waals surface area contributed by atoms with E-state index in [1.165, 1.54) is 11.7 Å². The molecule has 1 amide bonds. The second kappa shape index (κ2) is 7.53. The number of aromatic nitrogens is 2. The van der Waals surface area contributed by atoms with Crippen LogP contribution in [0.4, 0.5) is 26.0 Å². The van der Waals surface area contributed by atoms with Crippen LogP contribution in [0.5, 0.6) is 0 Å². The third-order valence-corrected chi connectivity index (χ3v) is 4.01. The summed E-state index contributed by atoms with van der Waals surface area (Å²) in [5.41, 5.74) is 1.13. The minimum absolute atomic E-state index is 0.179. The van der Waals surface area contributed by atoms with Crippen LogP contribution in [0.15, 0.2) is 54.6 Å². The van der Waals surface area contributed by atoms with Gasteiger partial charge in [0, 0.05) is 13.1 Å². The zero-order valence-corrected chi connectivity index (χ0v) is 14.5. The largest absolute Gasteiger partial charge is 0.354 e. The summed E-state index contributed by atoms with van der Waals surface area (Å²) in [6.45, 7) is 0. The standard InChI is InChI=1S/C18H15ClF2N4O/c1-25-16(10-15(24-25)17(20)21)23-18(26)11-6-2-4-8-13(11)22-14-9-5-3-7-12(14)19/h2-10,17,22H,1H3,(H,23,26). The number of rotatable bonds is 5. The normalized spacial score (nSPS) is 10.8. The van der Waals surface area contributed by atoms with Crippen LogP contribution in [0, 0.1) is 0 Å². The highest BCUT2D eigenvalue weighted by molar-refractivity contribution is 6.33. The SMILES string of the molecule is Cn1nc(C(F)F)cc1NC(=O)c1ccccc1Nc1ccccc1Cl. The third kappa shape index (κ3) is 3.83. The fraction of sp³-hybridized carbons (Fsp3) is 0.111. The van der Waals surface area contributed by atoms with Crippen LogP contribution in [0.25, 0.3) is 0 Å². The Balaban J connectivity index is 1.85. The second-order valence-electron chi connectivity index (χ2n) is 5.48. The van der Waals surface area contributed by atoms with Crippen molar-refractivity contribution >= 4 is 34.7 Å². The molecule has 134 valence electrons. The lowest BCUT2D eigenvalue weighted by Gasteiger charge is -2.13. The van der Waals surface area contributed by atoms with Gasteiger partial charge in [-0.15, -0.1) is 0 Å². The van der Waals surface area contributed by atoms with E-state index >= 15 is 0 Å². The first kappa shape index (κ1) is 17.9. The Morgan fingerprint density at radius 1 is 1.12 bits per heavy atom. The van der Waals surface area contributed by atoms with Crippen molar-refractivity contribution in [1.82, 2.24) is 9.78 Å². The van der Waals surface area contributed by atoms with Gasteiger partial charge in [0.05, 0.1) is 22.0 Å². The van der Waals surface area contributed by atoms with Gasteiger partial charge < -0.3 is 10.6 Å². The first-order valence-corrected chi connectivity index (χ1v) is 8.07. The van der Waals surface area contributed by atoms with E-state index in [0.29, 0.717) is 22.0 Å². The Bertz CT molecular complexity index is 942. The van der Waals surface area contributed by atoms with Gasteiger partial charge in [0.25, 0.3) is 12.3 Å². The molecular formula is C18H15ClF2N4O. The minimum atomic E-state index is -2.71. The number of aryl methyl sites for hydroxylation is 1. The number of anilines is 3. The molecule has 0 bridgehead atoms. The first-order chi connectivity index (χ1) is 12.5. The number of hydrogen-bond acceptors (Lipinski definition) is 3. The molecule has 0 aliphatic rings. The molecule has 5 nitrogen and oxygen atoms in total. The predicted molar refractivity (Wildman–Crippen MR) is 97.3 cm³/mol. The maximum absolute atomic E-state index is 12.8. The number of carbonyl (C=O) groups is 1. The maximum Gasteiger partial charge on any atom is 0.282 e. The van der Waals surface area contributed by atoms with Crippen molar-refractivity contribution in [3.05, 3.63) is 70.9 Å². The number of alkyl halides is 2. The Morgan fingerprint density at radius 3 is 2.42 bits per heavy atom. The third-order valence-electron chi connectivity index (χ3n) is 3.68. The summed E-state index contributed by atoms with van der Waals surface area (Å²) in [4.78, 5) is 12.6. The molecule has 0 saturated carbocycles. The number of para-hydroxylation sites is 2. The molecule has 0 spiro atoms. The van der Waals surface area contributed by atoms with Gasteiger partial charge >= 0.3 is 0 Å². The topological polar surface area (TPSA) is 59.0 Å². The van der Waals surface area contributed by atoms with Crippen LogP contribution in [-0.2, 0) is 7.05 Å². The maximum atomic E-state index is 12.8. The fourth-order valence-electron chi connectivity index (χ4n) is 2.39. The van der Waals surface area contributed by atoms with Crippen LogP contribution < -0.4 is 10.6 Å². The molecule has 0 fully saturated rings. The minimum Gasteiger partial charge on any atom is -0.354 e.